The van der Waals surface area contributed by atoms with Gasteiger partial charge in [0.15, 0.2) is 0 Å². The number of hydrogen-bond acceptors (Lipinski definition) is 5. The van der Waals surface area contributed by atoms with Crippen LogP contribution in [0.2, 0.25) is 0 Å². The molecule has 2 fully saturated rings. The van der Waals surface area contributed by atoms with Gasteiger partial charge in [-0.3, -0.25) is 10.1 Å². The zero-order valence-electron chi connectivity index (χ0n) is 19.3. The maximum absolute atomic E-state index is 12.9. The van der Waals surface area contributed by atoms with Crippen molar-refractivity contribution in [1.82, 2.24) is 15.1 Å². The Kier molecular flexibility index (Phi) is 5.79. The Labute approximate surface area is 198 Å². The van der Waals surface area contributed by atoms with Crippen molar-refractivity contribution in [3.63, 3.8) is 0 Å². The van der Waals surface area contributed by atoms with Gasteiger partial charge >= 0.3 is 12.0 Å². The Hall–Kier alpha value is -3.71. The molecule has 2 aliphatic heterocycles. The van der Waals surface area contributed by atoms with Gasteiger partial charge in [0, 0.05) is 20.1 Å². The number of nitrogens with one attached hydrogen (secondary N) is 1. The van der Waals surface area contributed by atoms with E-state index in [1.807, 2.05) is 18.2 Å². The highest BCUT2D eigenvalue weighted by Crippen LogP contribution is 2.39. The Morgan fingerprint density at radius 2 is 1.71 bits per heavy atom. The molecule has 3 aliphatic rings. The molecule has 34 heavy (non-hydrogen) atoms. The predicted octanol–water partition coefficient (Wildman–Crippen LogP) is 3.40. The number of carbonyl (C=O) groups excluding carboxylic acids is 3. The number of ether oxygens (including phenoxy) is 1. The zero-order chi connectivity index (χ0) is 23.8. The SMILES string of the molecule is CN1CCC(=C2c3ccccc3C=Cc3ccc(C(=O)OCC4C(=O)NC(=O)N4C)cc32)CC1. The van der Waals surface area contributed by atoms with Crippen LogP contribution in [0.15, 0.2) is 48.0 Å². The van der Waals surface area contributed by atoms with Gasteiger partial charge in [-0.05, 0) is 59.8 Å². The zero-order valence-corrected chi connectivity index (χ0v) is 19.3. The standard InChI is InChI=1S/C27H27N3O4/c1-29-13-11-19(12-14-29)24-21-6-4-3-5-17(21)7-8-18-9-10-20(15-22(18)24)26(32)34-16-23-25(31)28-27(33)30(23)2/h3-10,15,23H,11-14,16H2,1-2H3,(H,28,31,33). The summed E-state index contributed by atoms with van der Waals surface area (Å²) in [5.74, 6) is -0.976. The van der Waals surface area contributed by atoms with E-state index in [0.29, 0.717) is 5.56 Å². The highest BCUT2D eigenvalue weighted by atomic mass is 16.5. The maximum Gasteiger partial charge on any atom is 0.338 e. The van der Waals surface area contributed by atoms with Crippen LogP contribution in [0, 0.1) is 0 Å². The monoisotopic (exact) mass is 457 g/mol. The van der Waals surface area contributed by atoms with E-state index in [9.17, 15) is 14.4 Å². The van der Waals surface area contributed by atoms with Crippen molar-refractivity contribution in [2.24, 2.45) is 0 Å². The first-order valence-corrected chi connectivity index (χ1v) is 11.5. The molecule has 2 aromatic carbocycles. The number of imide groups is 1. The molecule has 1 atom stereocenters. The molecule has 1 N–H and O–H groups in total. The van der Waals surface area contributed by atoms with Crippen molar-refractivity contribution in [1.29, 1.82) is 0 Å². The second-order valence-electron chi connectivity index (χ2n) is 9.02. The smallest absolute Gasteiger partial charge is 0.338 e. The third-order valence-corrected chi connectivity index (χ3v) is 6.87. The molecule has 7 heteroatoms. The second-order valence-corrected chi connectivity index (χ2v) is 9.02. The second kappa shape index (κ2) is 8.91. The molecular formula is C27H27N3O4. The van der Waals surface area contributed by atoms with Crippen LogP contribution in [-0.2, 0) is 9.53 Å². The summed E-state index contributed by atoms with van der Waals surface area (Å²) in [5.41, 5.74) is 7.40. The van der Waals surface area contributed by atoms with Crippen LogP contribution in [0.3, 0.4) is 0 Å². The number of hydrogen-bond donors (Lipinski definition) is 1. The summed E-state index contributed by atoms with van der Waals surface area (Å²) < 4.78 is 5.45. The average molecular weight is 458 g/mol. The van der Waals surface area contributed by atoms with E-state index in [4.69, 9.17) is 4.74 Å². The summed E-state index contributed by atoms with van der Waals surface area (Å²) in [6, 6.07) is 12.6. The van der Waals surface area contributed by atoms with E-state index in [1.54, 1.807) is 6.07 Å². The molecule has 1 aliphatic carbocycles. The van der Waals surface area contributed by atoms with Crippen molar-refractivity contribution >= 4 is 35.6 Å². The predicted molar refractivity (Wildman–Crippen MR) is 130 cm³/mol. The van der Waals surface area contributed by atoms with Crippen molar-refractivity contribution < 1.29 is 19.1 Å². The van der Waals surface area contributed by atoms with Crippen LogP contribution >= 0.6 is 0 Å². The Morgan fingerprint density at radius 3 is 2.41 bits per heavy atom. The molecule has 3 amide bonds. The van der Waals surface area contributed by atoms with Gasteiger partial charge < -0.3 is 14.5 Å². The number of urea groups is 1. The van der Waals surface area contributed by atoms with Gasteiger partial charge in [-0.1, -0.05) is 48.1 Å². The van der Waals surface area contributed by atoms with Crippen LogP contribution in [0.5, 0.6) is 0 Å². The Morgan fingerprint density at radius 1 is 1.00 bits per heavy atom. The minimum absolute atomic E-state index is 0.187. The van der Waals surface area contributed by atoms with Gasteiger partial charge in [-0.25, -0.2) is 9.59 Å². The summed E-state index contributed by atoms with van der Waals surface area (Å²) in [5, 5.41) is 2.22. The molecule has 0 spiro atoms. The Balaban J connectivity index is 1.49. The number of rotatable bonds is 3. The molecule has 174 valence electrons. The molecular weight excluding hydrogens is 430 g/mol. The number of piperidine rings is 1. The number of likely N-dealkylation sites (N-methyl/N-ethyl adjacent to an activating group) is 1. The number of esters is 1. The average Bonchev–Trinajstić information content (AvgIpc) is 2.99. The number of amides is 3. The van der Waals surface area contributed by atoms with Crippen LogP contribution in [0.1, 0.15) is 45.5 Å². The highest BCUT2D eigenvalue weighted by molar-refractivity contribution is 6.04. The first-order valence-electron chi connectivity index (χ1n) is 11.5. The molecule has 0 radical (unpaired) electrons. The molecule has 0 saturated carbocycles. The lowest BCUT2D eigenvalue weighted by Gasteiger charge is -2.27. The van der Waals surface area contributed by atoms with Crippen molar-refractivity contribution in [2.75, 3.05) is 33.8 Å². The van der Waals surface area contributed by atoms with Crippen LogP contribution in [0.25, 0.3) is 17.7 Å². The maximum atomic E-state index is 12.9. The minimum Gasteiger partial charge on any atom is -0.459 e. The first-order chi connectivity index (χ1) is 16.4. The fourth-order valence-corrected chi connectivity index (χ4v) is 4.78. The van der Waals surface area contributed by atoms with E-state index in [-0.39, 0.29) is 6.61 Å². The minimum atomic E-state index is -0.816. The Bertz CT molecular complexity index is 1240. The van der Waals surface area contributed by atoms with Gasteiger partial charge in [0.05, 0.1) is 5.56 Å². The lowest BCUT2D eigenvalue weighted by molar-refractivity contribution is -0.122. The van der Waals surface area contributed by atoms with Crippen molar-refractivity contribution in [2.45, 2.75) is 18.9 Å². The molecule has 2 heterocycles. The van der Waals surface area contributed by atoms with Gasteiger partial charge in [0.2, 0.25) is 0 Å². The summed E-state index contributed by atoms with van der Waals surface area (Å²) in [6.07, 6.45) is 6.17. The summed E-state index contributed by atoms with van der Waals surface area (Å²) >= 11 is 0. The number of likely N-dealkylation sites (tertiary alicyclic amines) is 1. The number of nitrogens with zero attached hydrogens (tertiary/aromatic N) is 2. The third kappa shape index (κ3) is 4.03. The van der Waals surface area contributed by atoms with Crippen LogP contribution in [0.4, 0.5) is 4.79 Å². The van der Waals surface area contributed by atoms with Crippen molar-refractivity contribution in [3.8, 4) is 0 Å². The van der Waals surface area contributed by atoms with Gasteiger partial charge in [0.25, 0.3) is 5.91 Å². The summed E-state index contributed by atoms with van der Waals surface area (Å²) in [7, 11) is 3.65. The van der Waals surface area contributed by atoms with Crippen LogP contribution in [-0.4, -0.2) is 67.5 Å². The molecule has 7 nitrogen and oxygen atoms in total. The fraction of sp³-hybridized carbons (Fsp3) is 0.296. The molecule has 5 rings (SSSR count). The molecule has 0 aromatic heterocycles. The molecule has 2 saturated heterocycles. The first kappa shape index (κ1) is 22.1. The highest BCUT2D eigenvalue weighted by Gasteiger charge is 2.36. The van der Waals surface area contributed by atoms with Gasteiger partial charge in [-0.2, -0.15) is 0 Å². The van der Waals surface area contributed by atoms with Crippen LogP contribution < -0.4 is 5.32 Å². The number of benzene rings is 2. The van der Waals surface area contributed by atoms with Crippen molar-refractivity contribution in [3.05, 3.63) is 75.9 Å². The molecule has 2 aromatic rings. The van der Waals surface area contributed by atoms with Gasteiger partial charge in [0.1, 0.15) is 12.6 Å². The largest absolute Gasteiger partial charge is 0.459 e. The van der Waals surface area contributed by atoms with E-state index >= 15 is 0 Å². The number of carbonyl (C=O) groups is 3. The van der Waals surface area contributed by atoms with Gasteiger partial charge in [-0.15, -0.1) is 0 Å². The van der Waals surface area contributed by atoms with E-state index in [2.05, 4.69) is 47.6 Å². The molecule has 1 unspecified atom stereocenters. The number of fused-ring (bicyclic) bond motifs is 2. The summed E-state index contributed by atoms with van der Waals surface area (Å²) in [6.45, 7) is 1.81. The lowest BCUT2D eigenvalue weighted by Crippen LogP contribution is -2.36. The van der Waals surface area contributed by atoms with E-state index in [1.165, 1.54) is 28.7 Å². The molecule has 0 bridgehead atoms. The normalized spacial score (nSPS) is 20.1. The fourth-order valence-electron chi connectivity index (χ4n) is 4.78. The summed E-state index contributed by atoms with van der Waals surface area (Å²) in [4.78, 5) is 40.1. The lowest BCUT2D eigenvalue weighted by atomic mass is 9.85. The van der Waals surface area contributed by atoms with E-state index < -0.39 is 23.9 Å². The quantitative estimate of drug-likeness (QED) is 0.482. The topological polar surface area (TPSA) is 79.0 Å². The third-order valence-electron chi connectivity index (χ3n) is 6.87. The van der Waals surface area contributed by atoms with E-state index in [0.717, 1.165) is 42.6 Å².